The number of hydrogen-bond acceptors (Lipinski definition) is 4. The minimum absolute atomic E-state index is 0.0314. The Balaban J connectivity index is 1.67. The molecule has 7 atom stereocenters. The molecule has 4 aliphatic carbocycles. The van der Waals surface area contributed by atoms with E-state index >= 15 is 0 Å². The van der Waals surface area contributed by atoms with Crippen LogP contribution >= 0.6 is 0 Å². The fourth-order valence-electron chi connectivity index (χ4n) is 8.85. The van der Waals surface area contributed by atoms with Gasteiger partial charge in [0.05, 0.1) is 5.71 Å². The summed E-state index contributed by atoms with van der Waals surface area (Å²) in [7, 11) is 0. The molecule has 4 aliphatic rings. The standard InChI is InChI=1S/C24H42N2O2/c1-22(2)20(26-28-13-12-25)8-11-24(4)19-7-10-23(3)9-5-6-18(23)17(19)14-16(15-27)21(22)24/h16-19,21,27H,5-15,25H2,1-4H3/t16-,17+,18+,19+,21?,23+,24-/m1/s1. The predicted molar refractivity (Wildman–Crippen MR) is 114 cm³/mol. The van der Waals surface area contributed by atoms with Crippen molar-refractivity contribution in [2.24, 2.45) is 56.7 Å². The number of nitrogens with two attached hydrogens (primary N) is 1. The second-order valence-electron chi connectivity index (χ2n) is 11.5. The minimum Gasteiger partial charge on any atom is -0.396 e. The third-order valence-electron chi connectivity index (χ3n) is 9.86. The molecule has 0 bridgehead atoms. The van der Waals surface area contributed by atoms with Crippen LogP contribution in [0.25, 0.3) is 0 Å². The number of oxime groups is 1. The molecule has 0 amide bonds. The highest BCUT2D eigenvalue weighted by Gasteiger charge is 2.63. The summed E-state index contributed by atoms with van der Waals surface area (Å²) < 4.78 is 0. The van der Waals surface area contributed by atoms with Crippen LogP contribution in [0.3, 0.4) is 0 Å². The van der Waals surface area contributed by atoms with Crippen LogP contribution in [0.2, 0.25) is 0 Å². The third-order valence-corrected chi connectivity index (χ3v) is 9.86. The van der Waals surface area contributed by atoms with E-state index in [1.807, 2.05) is 0 Å². The lowest BCUT2D eigenvalue weighted by molar-refractivity contribution is -0.152. The van der Waals surface area contributed by atoms with E-state index in [9.17, 15) is 5.11 Å². The zero-order valence-corrected chi connectivity index (χ0v) is 18.5. The Labute approximate surface area is 171 Å². The zero-order valence-electron chi connectivity index (χ0n) is 18.5. The lowest BCUT2D eigenvalue weighted by Gasteiger charge is -2.65. The Kier molecular flexibility index (Phi) is 5.36. The summed E-state index contributed by atoms with van der Waals surface area (Å²) in [6.07, 6.45) is 10.5. The van der Waals surface area contributed by atoms with Crippen molar-refractivity contribution in [2.45, 2.75) is 79.1 Å². The molecule has 0 aliphatic heterocycles. The maximum Gasteiger partial charge on any atom is 0.129 e. The molecule has 1 unspecified atom stereocenters. The Hall–Kier alpha value is -0.610. The van der Waals surface area contributed by atoms with Gasteiger partial charge in [-0.3, -0.25) is 0 Å². The number of nitrogens with zero attached hydrogens (tertiary/aromatic N) is 1. The van der Waals surface area contributed by atoms with Gasteiger partial charge >= 0.3 is 0 Å². The number of hydrogen-bond donors (Lipinski definition) is 2. The van der Waals surface area contributed by atoms with Gasteiger partial charge in [-0.15, -0.1) is 0 Å². The van der Waals surface area contributed by atoms with Gasteiger partial charge in [0.25, 0.3) is 0 Å². The molecule has 160 valence electrons. The molecule has 0 radical (unpaired) electrons. The molecule has 4 rings (SSSR count). The molecule has 4 nitrogen and oxygen atoms in total. The van der Waals surface area contributed by atoms with Crippen LogP contribution in [-0.4, -0.2) is 30.6 Å². The molecule has 0 saturated heterocycles. The Morgan fingerprint density at radius 3 is 2.61 bits per heavy atom. The highest BCUT2D eigenvalue weighted by molar-refractivity contribution is 5.90. The largest absolute Gasteiger partial charge is 0.396 e. The van der Waals surface area contributed by atoms with Crippen LogP contribution in [0.5, 0.6) is 0 Å². The van der Waals surface area contributed by atoms with E-state index in [0.29, 0.717) is 42.4 Å². The lowest BCUT2D eigenvalue weighted by atomic mass is 9.39. The molecule has 0 aromatic heterocycles. The first-order valence-electron chi connectivity index (χ1n) is 11.8. The first-order chi connectivity index (χ1) is 13.3. The number of aliphatic hydroxyl groups excluding tert-OH is 1. The summed E-state index contributed by atoms with van der Waals surface area (Å²) in [6.45, 7) is 11.1. The summed E-state index contributed by atoms with van der Waals surface area (Å²) >= 11 is 0. The van der Waals surface area contributed by atoms with Crippen molar-refractivity contribution in [3.8, 4) is 0 Å². The Morgan fingerprint density at radius 1 is 1.11 bits per heavy atom. The van der Waals surface area contributed by atoms with Crippen molar-refractivity contribution in [1.82, 2.24) is 0 Å². The van der Waals surface area contributed by atoms with Crippen LogP contribution in [0, 0.1) is 45.8 Å². The van der Waals surface area contributed by atoms with E-state index in [1.54, 1.807) is 0 Å². The van der Waals surface area contributed by atoms with Gasteiger partial charge in [0.15, 0.2) is 0 Å². The SMILES string of the molecule is CC1(C)C(=NOCCN)CC[C@@]2(C)C1[C@@H](CO)C[C@H]1[C@@H]3CCC[C@@]3(C)CC[C@@H]12. The summed E-state index contributed by atoms with van der Waals surface area (Å²) in [5.74, 6) is 3.35. The molecular weight excluding hydrogens is 348 g/mol. The smallest absolute Gasteiger partial charge is 0.129 e. The molecule has 4 saturated carbocycles. The molecule has 3 N–H and O–H groups in total. The molecule has 4 fully saturated rings. The second-order valence-corrected chi connectivity index (χ2v) is 11.5. The molecule has 4 heteroatoms. The maximum atomic E-state index is 10.5. The van der Waals surface area contributed by atoms with Crippen molar-refractivity contribution in [3.63, 3.8) is 0 Å². The first kappa shape index (κ1) is 20.7. The topological polar surface area (TPSA) is 67.8 Å². The fraction of sp³-hybridized carbons (Fsp3) is 0.958. The van der Waals surface area contributed by atoms with Gasteiger partial charge < -0.3 is 15.7 Å². The van der Waals surface area contributed by atoms with Crippen LogP contribution < -0.4 is 5.73 Å². The van der Waals surface area contributed by atoms with Crippen LogP contribution in [-0.2, 0) is 4.84 Å². The highest BCUT2D eigenvalue weighted by atomic mass is 16.6. The zero-order chi connectivity index (χ0) is 20.2. The average Bonchev–Trinajstić information content (AvgIpc) is 3.05. The van der Waals surface area contributed by atoms with Crippen molar-refractivity contribution in [2.75, 3.05) is 19.8 Å². The first-order valence-corrected chi connectivity index (χ1v) is 11.8. The van der Waals surface area contributed by atoms with Gasteiger partial charge in [0, 0.05) is 18.6 Å². The summed E-state index contributed by atoms with van der Waals surface area (Å²) in [5.41, 5.74) is 7.60. The Morgan fingerprint density at radius 2 is 1.89 bits per heavy atom. The maximum absolute atomic E-state index is 10.5. The minimum atomic E-state index is -0.0314. The predicted octanol–water partition coefficient (Wildman–Crippen LogP) is 4.61. The molecule has 0 heterocycles. The summed E-state index contributed by atoms with van der Waals surface area (Å²) in [4.78, 5) is 5.52. The van der Waals surface area contributed by atoms with E-state index in [1.165, 1.54) is 50.7 Å². The molecule has 28 heavy (non-hydrogen) atoms. The van der Waals surface area contributed by atoms with E-state index in [2.05, 4.69) is 32.9 Å². The highest BCUT2D eigenvalue weighted by Crippen LogP contribution is 2.69. The van der Waals surface area contributed by atoms with Crippen molar-refractivity contribution < 1.29 is 9.94 Å². The molecule has 0 spiro atoms. The summed E-state index contributed by atoms with van der Waals surface area (Å²) in [5, 5.41) is 15.0. The Bertz CT molecular complexity index is 618. The van der Waals surface area contributed by atoms with Gasteiger partial charge in [-0.2, -0.15) is 0 Å². The van der Waals surface area contributed by atoms with E-state index < -0.39 is 0 Å². The fourth-order valence-corrected chi connectivity index (χ4v) is 8.85. The van der Waals surface area contributed by atoms with Crippen molar-refractivity contribution in [3.05, 3.63) is 0 Å². The molecule has 0 aromatic carbocycles. The van der Waals surface area contributed by atoms with Gasteiger partial charge in [-0.1, -0.05) is 39.3 Å². The van der Waals surface area contributed by atoms with Crippen molar-refractivity contribution in [1.29, 1.82) is 0 Å². The monoisotopic (exact) mass is 390 g/mol. The van der Waals surface area contributed by atoms with Crippen LogP contribution in [0.15, 0.2) is 5.16 Å². The van der Waals surface area contributed by atoms with Gasteiger partial charge in [0.1, 0.15) is 6.61 Å². The third kappa shape index (κ3) is 2.96. The van der Waals surface area contributed by atoms with E-state index in [0.717, 1.165) is 24.2 Å². The number of fused-ring (bicyclic) bond motifs is 5. The number of rotatable bonds is 4. The van der Waals surface area contributed by atoms with Gasteiger partial charge in [-0.25, -0.2) is 0 Å². The van der Waals surface area contributed by atoms with Gasteiger partial charge in [0.2, 0.25) is 0 Å². The number of aliphatic hydroxyl groups is 1. The normalized spacial score (nSPS) is 48.6. The van der Waals surface area contributed by atoms with E-state index in [4.69, 9.17) is 10.6 Å². The quantitative estimate of drug-likeness (QED) is 0.544. The van der Waals surface area contributed by atoms with E-state index in [-0.39, 0.29) is 5.41 Å². The summed E-state index contributed by atoms with van der Waals surface area (Å²) in [6, 6.07) is 0. The lowest BCUT2D eigenvalue weighted by Crippen LogP contribution is -2.61. The van der Waals surface area contributed by atoms with Crippen LogP contribution in [0.1, 0.15) is 79.1 Å². The average molecular weight is 391 g/mol. The molecular formula is C24H42N2O2. The molecule has 0 aromatic rings. The van der Waals surface area contributed by atoms with Gasteiger partial charge in [-0.05, 0) is 85.4 Å². The van der Waals surface area contributed by atoms with Crippen molar-refractivity contribution >= 4 is 5.71 Å². The second kappa shape index (κ2) is 7.27. The van der Waals surface area contributed by atoms with Crippen LogP contribution in [0.4, 0.5) is 0 Å².